The molecule has 8 nitrogen and oxygen atoms in total. The van der Waals surface area contributed by atoms with Gasteiger partial charge in [0.25, 0.3) is 0 Å². The number of thioether (sulfide) groups is 1. The van der Waals surface area contributed by atoms with Crippen LogP contribution in [0, 0.1) is 0 Å². The van der Waals surface area contributed by atoms with Crippen molar-refractivity contribution in [2.75, 3.05) is 6.61 Å². The summed E-state index contributed by atoms with van der Waals surface area (Å²) in [5.74, 6) is 2.25. The third-order valence-electron chi connectivity index (χ3n) is 5.82. The van der Waals surface area contributed by atoms with Crippen molar-refractivity contribution < 1.29 is 9.26 Å². The smallest absolute Gasteiger partial charge is 0.239 e. The van der Waals surface area contributed by atoms with E-state index in [0.29, 0.717) is 5.89 Å². The highest BCUT2D eigenvalue weighted by Gasteiger charge is 2.25. The fourth-order valence-corrected chi connectivity index (χ4v) is 4.95. The Labute approximate surface area is 191 Å². The number of rotatable bonds is 9. The van der Waals surface area contributed by atoms with Crippen LogP contribution in [0.25, 0.3) is 22.3 Å². The van der Waals surface area contributed by atoms with Crippen LogP contribution in [0.4, 0.5) is 0 Å². The highest BCUT2D eigenvalue weighted by atomic mass is 32.2. The summed E-state index contributed by atoms with van der Waals surface area (Å²) in [6, 6.07) is 8.26. The summed E-state index contributed by atoms with van der Waals surface area (Å²) in [7, 11) is 0. The van der Waals surface area contributed by atoms with Crippen LogP contribution in [-0.4, -0.2) is 42.6 Å². The van der Waals surface area contributed by atoms with E-state index in [1.54, 1.807) is 11.8 Å². The molecule has 168 valence electrons. The van der Waals surface area contributed by atoms with E-state index in [1.165, 1.54) is 0 Å². The minimum Gasteiger partial charge on any atom is -0.376 e. The Morgan fingerprint density at radius 3 is 3.03 bits per heavy atom. The van der Waals surface area contributed by atoms with E-state index in [-0.39, 0.29) is 11.4 Å². The molecule has 0 unspecified atom stereocenters. The number of para-hydroxylation sites is 1. The van der Waals surface area contributed by atoms with Crippen molar-refractivity contribution in [3.63, 3.8) is 0 Å². The molecule has 0 bridgehead atoms. The summed E-state index contributed by atoms with van der Waals surface area (Å²) in [5.41, 5.74) is 2.13. The van der Waals surface area contributed by atoms with Crippen LogP contribution in [0.2, 0.25) is 0 Å². The summed E-state index contributed by atoms with van der Waals surface area (Å²) in [4.78, 5) is 7.94. The van der Waals surface area contributed by atoms with E-state index < -0.39 is 0 Å². The molecule has 1 aromatic carbocycles. The van der Waals surface area contributed by atoms with Gasteiger partial charge >= 0.3 is 0 Å². The summed E-state index contributed by atoms with van der Waals surface area (Å²) < 4.78 is 13.7. The predicted molar refractivity (Wildman–Crippen MR) is 123 cm³/mol. The number of hydrogen-bond acceptors (Lipinski definition) is 7. The van der Waals surface area contributed by atoms with Gasteiger partial charge in [0.1, 0.15) is 0 Å². The number of nitrogens with zero attached hydrogens (tertiary/aromatic N) is 5. The van der Waals surface area contributed by atoms with Gasteiger partial charge in [0.2, 0.25) is 5.89 Å². The second kappa shape index (κ2) is 9.46. The van der Waals surface area contributed by atoms with Crippen LogP contribution < -0.4 is 0 Å². The topological polar surface area (TPSA) is 94.7 Å². The minimum absolute atomic E-state index is 0.0267. The largest absolute Gasteiger partial charge is 0.376 e. The molecule has 2 atom stereocenters. The number of aromatic amines is 1. The summed E-state index contributed by atoms with van der Waals surface area (Å²) in [5, 5.41) is 15.2. The van der Waals surface area contributed by atoms with Crippen molar-refractivity contribution in [3.8, 4) is 11.4 Å². The zero-order chi connectivity index (χ0) is 21.9. The van der Waals surface area contributed by atoms with Crippen molar-refractivity contribution in [1.82, 2.24) is 29.9 Å². The van der Waals surface area contributed by atoms with Crippen molar-refractivity contribution in [2.24, 2.45) is 0 Å². The second-order valence-electron chi connectivity index (χ2n) is 8.21. The van der Waals surface area contributed by atoms with E-state index in [9.17, 15) is 0 Å². The van der Waals surface area contributed by atoms with Gasteiger partial charge < -0.3 is 14.2 Å². The Bertz CT molecular complexity index is 1180. The molecule has 5 rings (SSSR count). The van der Waals surface area contributed by atoms with Gasteiger partial charge in [-0.2, -0.15) is 4.98 Å². The first-order valence-electron chi connectivity index (χ1n) is 11.3. The zero-order valence-electron chi connectivity index (χ0n) is 18.5. The number of aromatic nitrogens is 6. The van der Waals surface area contributed by atoms with Crippen molar-refractivity contribution in [2.45, 2.75) is 69.0 Å². The lowest BCUT2D eigenvalue weighted by atomic mass is 10.1. The van der Waals surface area contributed by atoms with Gasteiger partial charge in [0, 0.05) is 35.7 Å². The lowest BCUT2D eigenvalue weighted by Gasteiger charge is -2.15. The number of aryl methyl sites for hydroxylation is 1. The molecule has 0 aliphatic carbocycles. The average molecular weight is 453 g/mol. The Balaban J connectivity index is 1.44. The van der Waals surface area contributed by atoms with E-state index in [1.807, 2.05) is 18.3 Å². The molecular formula is C23H28N6O2S. The molecule has 3 aromatic heterocycles. The number of ether oxygens (including phenoxy) is 1. The summed E-state index contributed by atoms with van der Waals surface area (Å²) in [6.45, 7) is 5.77. The Hall–Kier alpha value is -2.65. The van der Waals surface area contributed by atoms with E-state index in [4.69, 9.17) is 9.26 Å². The van der Waals surface area contributed by atoms with Crippen LogP contribution in [0.1, 0.15) is 56.5 Å². The lowest BCUT2D eigenvalue weighted by molar-refractivity contribution is 0.0953. The molecule has 1 aliphatic heterocycles. The Morgan fingerprint density at radius 2 is 2.19 bits per heavy atom. The van der Waals surface area contributed by atoms with Crippen LogP contribution in [-0.2, 0) is 17.7 Å². The summed E-state index contributed by atoms with van der Waals surface area (Å²) in [6.07, 6.45) is 7.34. The number of H-pyrrole nitrogens is 1. The third-order valence-corrected chi connectivity index (χ3v) is 6.89. The van der Waals surface area contributed by atoms with Crippen LogP contribution in [0.5, 0.6) is 0 Å². The molecule has 1 fully saturated rings. The molecule has 1 aliphatic rings. The SMILES string of the molecule is CCCCc1noc([C@H](C)Sc2nnc(-c3c[nH]c4ccccc34)n2C[C@@H]2CCCO2)n1. The molecule has 0 radical (unpaired) electrons. The maximum absolute atomic E-state index is 5.94. The Kier molecular flexibility index (Phi) is 6.27. The van der Waals surface area contributed by atoms with E-state index in [2.05, 4.69) is 55.9 Å². The van der Waals surface area contributed by atoms with Gasteiger partial charge in [0.05, 0.1) is 17.9 Å². The zero-order valence-corrected chi connectivity index (χ0v) is 19.3. The third kappa shape index (κ3) is 4.31. The van der Waals surface area contributed by atoms with Crippen molar-refractivity contribution in [1.29, 1.82) is 0 Å². The molecule has 0 amide bonds. The normalized spacial score (nSPS) is 17.4. The molecule has 0 saturated carbocycles. The number of benzene rings is 1. The first-order valence-corrected chi connectivity index (χ1v) is 12.2. The average Bonchev–Trinajstić information content (AvgIpc) is 3.60. The number of unbranched alkanes of at least 4 members (excludes halogenated alkanes) is 1. The van der Waals surface area contributed by atoms with Gasteiger partial charge in [-0.1, -0.05) is 48.5 Å². The molecule has 1 saturated heterocycles. The van der Waals surface area contributed by atoms with Crippen LogP contribution >= 0.6 is 11.8 Å². The predicted octanol–water partition coefficient (Wildman–Crippen LogP) is 5.18. The number of nitrogens with one attached hydrogen (secondary N) is 1. The number of fused-ring (bicyclic) bond motifs is 1. The van der Waals surface area contributed by atoms with Gasteiger partial charge in [-0.25, -0.2) is 0 Å². The van der Waals surface area contributed by atoms with Gasteiger partial charge in [0.15, 0.2) is 16.8 Å². The molecule has 9 heteroatoms. The second-order valence-corrected chi connectivity index (χ2v) is 9.52. The molecule has 32 heavy (non-hydrogen) atoms. The standard InChI is InChI=1S/C23H28N6O2S/c1-3-4-11-20-25-22(31-28-20)15(2)32-23-27-26-21(29(23)14-16-8-7-12-30-16)18-13-24-19-10-6-5-9-17(18)19/h5-6,9-10,13,15-16,24H,3-4,7-8,11-12,14H2,1-2H3/t15-,16-/m0/s1. The fraction of sp³-hybridized carbons (Fsp3) is 0.478. The first kappa shape index (κ1) is 21.2. The van der Waals surface area contributed by atoms with E-state index >= 15 is 0 Å². The maximum atomic E-state index is 5.94. The Morgan fingerprint density at radius 1 is 1.28 bits per heavy atom. The number of hydrogen-bond donors (Lipinski definition) is 1. The van der Waals surface area contributed by atoms with Gasteiger partial charge in [-0.15, -0.1) is 10.2 Å². The molecular weight excluding hydrogens is 424 g/mol. The fourth-order valence-electron chi connectivity index (χ4n) is 4.07. The maximum Gasteiger partial charge on any atom is 0.239 e. The highest BCUT2D eigenvalue weighted by molar-refractivity contribution is 7.99. The lowest BCUT2D eigenvalue weighted by Crippen LogP contribution is -2.16. The molecule has 4 heterocycles. The van der Waals surface area contributed by atoms with Crippen molar-refractivity contribution >= 4 is 22.7 Å². The molecule has 1 N–H and O–H groups in total. The molecule has 0 spiro atoms. The van der Waals surface area contributed by atoms with Crippen LogP contribution in [0.3, 0.4) is 0 Å². The van der Waals surface area contributed by atoms with Crippen LogP contribution in [0.15, 0.2) is 40.1 Å². The van der Waals surface area contributed by atoms with Gasteiger partial charge in [-0.3, -0.25) is 4.57 Å². The van der Waals surface area contributed by atoms with E-state index in [0.717, 1.165) is 78.5 Å². The first-order chi connectivity index (χ1) is 15.7. The quantitative estimate of drug-likeness (QED) is 0.349. The monoisotopic (exact) mass is 452 g/mol. The highest BCUT2D eigenvalue weighted by Crippen LogP contribution is 2.36. The molecule has 4 aromatic rings. The van der Waals surface area contributed by atoms with Crippen molar-refractivity contribution in [3.05, 3.63) is 42.2 Å². The minimum atomic E-state index is -0.0267. The summed E-state index contributed by atoms with van der Waals surface area (Å²) >= 11 is 1.59. The van der Waals surface area contributed by atoms with Gasteiger partial charge in [-0.05, 0) is 32.3 Å².